The lowest BCUT2D eigenvalue weighted by Gasteiger charge is -1.85. The van der Waals surface area contributed by atoms with Crippen molar-refractivity contribution in [2.24, 2.45) is 0 Å². The van der Waals surface area contributed by atoms with Crippen LogP contribution in [0.2, 0.25) is 0 Å². The van der Waals surface area contributed by atoms with E-state index in [-0.39, 0.29) is 0 Å². The molecule has 1 aliphatic heterocycles. The number of allylic oxidation sites excluding steroid dienone is 2. The standard InChI is InChI=1S/C8H12O2/c1-7-8(10-7)5-3-2-4-6-9/h2,4,6-8H,3,5H2,1H3/b4-2+/t7-,8+/m0/s1. The highest BCUT2D eigenvalue weighted by molar-refractivity contribution is 5.64. The molecule has 0 radical (unpaired) electrons. The summed E-state index contributed by atoms with van der Waals surface area (Å²) in [4.78, 5) is 9.81. The predicted octanol–water partition coefficient (Wildman–Crippen LogP) is 1.31. The molecule has 0 saturated carbocycles. The van der Waals surface area contributed by atoms with Gasteiger partial charge in [0.15, 0.2) is 0 Å². The molecule has 0 aliphatic carbocycles. The van der Waals surface area contributed by atoms with Crippen LogP contribution < -0.4 is 0 Å². The second kappa shape index (κ2) is 3.52. The van der Waals surface area contributed by atoms with Gasteiger partial charge in [0.2, 0.25) is 0 Å². The smallest absolute Gasteiger partial charge is 0.142 e. The molecule has 0 N–H and O–H groups in total. The van der Waals surface area contributed by atoms with E-state index in [0.717, 1.165) is 19.1 Å². The van der Waals surface area contributed by atoms with Gasteiger partial charge in [-0.1, -0.05) is 6.08 Å². The summed E-state index contributed by atoms with van der Waals surface area (Å²) in [5.41, 5.74) is 0. The van der Waals surface area contributed by atoms with Crippen LogP contribution in [0.15, 0.2) is 12.2 Å². The molecule has 0 amide bonds. The van der Waals surface area contributed by atoms with E-state index < -0.39 is 0 Å². The average Bonchev–Trinajstić information content (AvgIpc) is 2.60. The first-order valence-corrected chi connectivity index (χ1v) is 3.60. The van der Waals surface area contributed by atoms with Crippen molar-refractivity contribution in [2.45, 2.75) is 32.0 Å². The summed E-state index contributed by atoms with van der Waals surface area (Å²) in [6.07, 6.45) is 7.12. The van der Waals surface area contributed by atoms with Crippen molar-refractivity contribution in [1.29, 1.82) is 0 Å². The first-order valence-electron chi connectivity index (χ1n) is 3.60. The molecule has 0 aromatic carbocycles. The van der Waals surface area contributed by atoms with Crippen molar-refractivity contribution in [1.82, 2.24) is 0 Å². The number of carbonyl (C=O) groups is 1. The third kappa shape index (κ3) is 2.31. The van der Waals surface area contributed by atoms with Crippen LogP contribution in [0.4, 0.5) is 0 Å². The predicted molar refractivity (Wildman–Crippen MR) is 38.8 cm³/mol. The molecular formula is C8H12O2. The van der Waals surface area contributed by atoms with Crippen LogP contribution in [0.5, 0.6) is 0 Å². The van der Waals surface area contributed by atoms with Gasteiger partial charge < -0.3 is 4.74 Å². The Hall–Kier alpha value is -0.630. The number of rotatable bonds is 4. The number of hydrogen-bond acceptors (Lipinski definition) is 2. The Morgan fingerprint density at radius 2 is 2.30 bits per heavy atom. The minimum Gasteiger partial charge on any atom is -0.370 e. The zero-order valence-electron chi connectivity index (χ0n) is 6.12. The average molecular weight is 140 g/mol. The lowest BCUT2D eigenvalue weighted by Crippen LogP contribution is -1.86. The van der Waals surface area contributed by atoms with Gasteiger partial charge in [-0.05, 0) is 25.8 Å². The van der Waals surface area contributed by atoms with Crippen molar-refractivity contribution in [2.75, 3.05) is 0 Å². The Labute approximate surface area is 60.9 Å². The van der Waals surface area contributed by atoms with Crippen LogP contribution >= 0.6 is 0 Å². The van der Waals surface area contributed by atoms with Gasteiger partial charge in [-0.25, -0.2) is 0 Å². The lowest BCUT2D eigenvalue weighted by molar-refractivity contribution is -0.104. The summed E-state index contributed by atoms with van der Waals surface area (Å²) in [7, 11) is 0. The molecule has 0 bridgehead atoms. The van der Waals surface area contributed by atoms with Gasteiger partial charge in [-0.2, -0.15) is 0 Å². The zero-order chi connectivity index (χ0) is 7.40. The summed E-state index contributed by atoms with van der Waals surface area (Å²) < 4.78 is 5.17. The monoisotopic (exact) mass is 140 g/mol. The molecule has 0 aromatic rings. The molecule has 0 spiro atoms. The van der Waals surface area contributed by atoms with Crippen LogP contribution in [-0.2, 0) is 9.53 Å². The number of ether oxygens (including phenoxy) is 1. The van der Waals surface area contributed by atoms with Gasteiger partial charge in [-0.15, -0.1) is 0 Å². The highest BCUT2D eigenvalue weighted by atomic mass is 16.6. The molecule has 56 valence electrons. The van der Waals surface area contributed by atoms with E-state index in [9.17, 15) is 4.79 Å². The van der Waals surface area contributed by atoms with Crippen molar-refractivity contribution < 1.29 is 9.53 Å². The molecule has 1 heterocycles. The quantitative estimate of drug-likeness (QED) is 0.335. The lowest BCUT2D eigenvalue weighted by atomic mass is 10.2. The van der Waals surface area contributed by atoms with E-state index in [1.165, 1.54) is 6.08 Å². The summed E-state index contributed by atoms with van der Waals surface area (Å²) in [6, 6.07) is 0. The first-order chi connectivity index (χ1) is 4.84. The van der Waals surface area contributed by atoms with Crippen molar-refractivity contribution >= 4 is 6.29 Å². The molecule has 1 saturated heterocycles. The largest absolute Gasteiger partial charge is 0.370 e. The number of carbonyl (C=O) groups excluding carboxylic acids is 1. The molecule has 1 rings (SSSR count). The fourth-order valence-corrected chi connectivity index (χ4v) is 0.945. The van der Waals surface area contributed by atoms with Gasteiger partial charge in [0.05, 0.1) is 12.2 Å². The molecule has 2 nitrogen and oxygen atoms in total. The SMILES string of the molecule is C[C@@H]1O[C@@H]1CC/C=C/C=O. The van der Waals surface area contributed by atoms with E-state index in [1.807, 2.05) is 6.08 Å². The van der Waals surface area contributed by atoms with Crippen molar-refractivity contribution in [3.8, 4) is 0 Å². The second-order valence-corrected chi connectivity index (χ2v) is 2.52. The summed E-state index contributed by atoms with van der Waals surface area (Å²) in [5.74, 6) is 0. The molecule has 1 fully saturated rings. The molecule has 0 unspecified atom stereocenters. The third-order valence-electron chi connectivity index (χ3n) is 1.67. The highest BCUT2D eigenvalue weighted by Crippen LogP contribution is 2.25. The summed E-state index contributed by atoms with van der Waals surface area (Å²) in [6.45, 7) is 2.06. The van der Waals surface area contributed by atoms with E-state index in [0.29, 0.717) is 12.2 Å². The van der Waals surface area contributed by atoms with Gasteiger partial charge in [-0.3, -0.25) is 4.79 Å². The van der Waals surface area contributed by atoms with Crippen LogP contribution in [0.1, 0.15) is 19.8 Å². The van der Waals surface area contributed by atoms with E-state index in [1.54, 1.807) is 0 Å². The summed E-state index contributed by atoms with van der Waals surface area (Å²) in [5, 5.41) is 0. The molecule has 10 heavy (non-hydrogen) atoms. The van der Waals surface area contributed by atoms with Crippen molar-refractivity contribution in [3.63, 3.8) is 0 Å². The third-order valence-corrected chi connectivity index (χ3v) is 1.67. The van der Waals surface area contributed by atoms with Crippen LogP contribution in [0.25, 0.3) is 0 Å². The fraction of sp³-hybridized carbons (Fsp3) is 0.625. The topological polar surface area (TPSA) is 29.6 Å². The van der Waals surface area contributed by atoms with Gasteiger partial charge in [0.25, 0.3) is 0 Å². The fourth-order valence-electron chi connectivity index (χ4n) is 0.945. The Morgan fingerprint density at radius 3 is 2.80 bits per heavy atom. The minimum atomic E-state index is 0.449. The first kappa shape index (κ1) is 7.48. The molecule has 2 atom stereocenters. The normalized spacial score (nSPS) is 30.9. The zero-order valence-corrected chi connectivity index (χ0v) is 6.12. The molecule has 2 heteroatoms. The Kier molecular flexibility index (Phi) is 2.63. The molecule has 0 aromatic heterocycles. The Morgan fingerprint density at radius 1 is 1.60 bits per heavy atom. The van der Waals surface area contributed by atoms with Gasteiger partial charge in [0.1, 0.15) is 6.29 Å². The maximum absolute atomic E-state index is 9.81. The molecular weight excluding hydrogens is 128 g/mol. The Bertz CT molecular complexity index is 140. The van der Waals surface area contributed by atoms with E-state index >= 15 is 0 Å². The van der Waals surface area contributed by atoms with Crippen molar-refractivity contribution in [3.05, 3.63) is 12.2 Å². The summed E-state index contributed by atoms with van der Waals surface area (Å²) >= 11 is 0. The van der Waals surface area contributed by atoms with Gasteiger partial charge >= 0.3 is 0 Å². The number of aldehydes is 1. The van der Waals surface area contributed by atoms with Crippen LogP contribution in [-0.4, -0.2) is 18.5 Å². The second-order valence-electron chi connectivity index (χ2n) is 2.52. The van der Waals surface area contributed by atoms with E-state index in [4.69, 9.17) is 4.74 Å². The maximum Gasteiger partial charge on any atom is 0.142 e. The van der Waals surface area contributed by atoms with Crippen LogP contribution in [0, 0.1) is 0 Å². The minimum absolute atomic E-state index is 0.449. The molecule has 1 aliphatic rings. The Balaban J connectivity index is 1.96. The van der Waals surface area contributed by atoms with Gasteiger partial charge in [0, 0.05) is 0 Å². The number of hydrogen-bond donors (Lipinski definition) is 0. The van der Waals surface area contributed by atoms with Crippen LogP contribution in [0.3, 0.4) is 0 Å². The number of epoxide rings is 1. The van der Waals surface area contributed by atoms with E-state index in [2.05, 4.69) is 6.92 Å². The highest BCUT2D eigenvalue weighted by Gasteiger charge is 2.32. The maximum atomic E-state index is 9.81.